The molecule has 0 saturated carbocycles. The highest BCUT2D eigenvalue weighted by atomic mass is 32.1. The van der Waals surface area contributed by atoms with Gasteiger partial charge in [0.2, 0.25) is 5.88 Å². The molecule has 0 spiro atoms. The van der Waals surface area contributed by atoms with Gasteiger partial charge in [0.25, 0.3) is 0 Å². The maximum absolute atomic E-state index is 5.56. The van der Waals surface area contributed by atoms with E-state index >= 15 is 0 Å². The summed E-state index contributed by atoms with van der Waals surface area (Å²) >= 11 is 1.62. The van der Waals surface area contributed by atoms with Crippen LogP contribution < -0.4 is 10.1 Å². The number of hydrogen-bond acceptors (Lipinski definition) is 7. The molecule has 0 amide bonds. The van der Waals surface area contributed by atoms with Crippen LogP contribution in [0.15, 0.2) is 47.3 Å². The second-order valence-electron chi connectivity index (χ2n) is 5.28. The van der Waals surface area contributed by atoms with Crippen LogP contribution in [0.5, 0.6) is 5.88 Å². The molecule has 0 aliphatic carbocycles. The topological polar surface area (TPSA) is 77.2 Å². The van der Waals surface area contributed by atoms with E-state index in [-0.39, 0.29) is 0 Å². The summed E-state index contributed by atoms with van der Waals surface area (Å²) in [6.45, 7) is 3.09. The lowest BCUT2D eigenvalue weighted by Gasteiger charge is -2.10. The molecule has 0 aliphatic heterocycles. The molecule has 4 heterocycles. The largest absolute Gasteiger partial charge is 0.478 e. The number of thiophene rings is 1. The standard InChI is InChI=1S/C17H16N6OS/c1-2-24-17-12(4-3-8-18-17)10-19-14-5-6-15-20-21-16(23(15)22-14)13-7-9-25-11-13/h3-9,11H,2,10H2,1H3,(H,19,22). The molecule has 0 saturated heterocycles. The Kier molecular flexibility index (Phi) is 4.26. The third-order valence-corrected chi connectivity index (χ3v) is 4.32. The zero-order valence-corrected chi connectivity index (χ0v) is 14.4. The summed E-state index contributed by atoms with van der Waals surface area (Å²) in [5.74, 6) is 2.10. The summed E-state index contributed by atoms with van der Waals surface area (Å²) in [4.78, 5) is 4.26. The van der Waals surface area contributed by atoms with Crippen molar-refractivity contribution < 1.29 is 4.74 Å². The van der Waals surface area contributed by atoms with Crippen molar-refractivity contribution in [2.45, 2.75) is 13.5 Å². The van der Waals surface area contributed by atoms with E-state index in [0.29, 0.717) is 24.7 Å². The summed E-state index contributed by atoms with van der Waals surface area (Å²) in [5.41, 5.74) is 2.70. The summed E-state index contributed by atoms with van der Waals surface area (Å²) < 4.78 is 7.30. The normalized spacial score (nSPS) is 10.9. The number of nitrogens with zero attached hydrogens (tertiary/aromatic N) is 5. The van der Waals surface area contributed by atoms with Gasteiger partial charge in [-0.3, -0.25) is 0 Å². The van der Waals surface area contributed by atoms with E-state index in [9.17, 15) is 0 Å². The van der Waals surface area contributed by atoms with Gasteiger partial charge in [-0.25, -0.2) is 4.98 Å². The van der Waals surface area contributed by atoms with Crippen LogP contribution in [0, 0.1) is 0 Å². The van der Waals surface area contributed by atoms with Crippen molar-refractivity contribution in [1.82, 2.24) is 24.8 Å². The summed E-state index contributed by atoms with van der Waals surface area (Å²) in [6, 6.07) is 9.67. The monoisotopic (exact) mass is 352 g/mol. The van der Waals surface area contributed by atoms with E-state index in [1.807, 2.05) is 48.0 Å². The average molecular weight is 352 g/mol. The highest BCUT2D eigenvalue weighted by Crippen LogP contribution is 2.21. The Bertz CT molecular complexity index is 982. The third kappa shape index (κ3) is 3.16. The minimum Gasteiger partial charge on any atom is -0.478 e. The van der Waals surface area contributed by atoms with E-state index in [4.69, 9.17) is 4.74 Å². The van der Waals surface area contributed by atoms with Crippen molar-refractivity contribution >= 4 is 22.8 Å². The molecule has 8 heteroatoms. The maximum Gasteiger partial charge on any atom is 0.218 e. The molecule has 0 unspecified atom stereocenters. The number of hydrogen-bond donors (Lipinski definition) is 1. The Morgan fingerprint density at radius 3 is 3.00 bits per heavy atom. The van der Waals surface area contributed by atoms with E-state index in [1.54, 1.807) is 22.0 Å². The van der Waals surface area contributed by atoms with Crippen LogP contribution >= 0.6 is 11.3 Å². The molecule has 0 atom stereocenters. The van der Waals surface area contributed by atoms with Gasteiger partial charge >= 0.3 is 0 Å². The van der Waals surface area contributed by atoms with Gasteiger partial charge in [0.05, 0.1) is 6.61 Å². The van der Waals surface area contributed by atoms with Crippen LogP contribution in [-0.4, -0.2) is 31.4 Å². The van der Waals surface area contributed by atoms with Gasteiger partial charge in [-0.15, -0.1) is 15.3 Å². The number of rotatable bonds is 6. The predicted molar refractivity (Wildman–Crippen MR) is 96.8 cm³/mol. The quantitative estimate of drug-likeness (QED) is 0.574. The van der Waals surface area contributed by atoms with Crippen molar-refractivity contribution in [2.24, 2.45) is 0 Å². The fourth-order valence-electron chi connectivity index (χ4n) is 2.47. The highest BCUT2D eigenvalue weighted by Gasteiger charge is 2.11. The Labute approximate surface area is 148 Å². The third-order valence-electron chi connectivity index (χ3n) is 3.63. The molecular weight excluding hydrogens is 336 g/mol. The second kappa shape index (κ2) is 6.86. The SMILES string of the molecule is CCOc1ncccc1CNc1ccc2nnc(-c3ccsc3)n2n1. The number of nitrogens with one attached hydrogen (secondary N) is 1. The number of pyridine rings is 1. The molecule has 4 rings (SSSR count). The lowest BCUT2D eigenvalue weighted by molar-refractivity contribution is 0.323. The number of aromatic nitrogens is 5. The van der Waals surface area contributed by atoms with Crippen LogP contribution in [0.1, 0.15) is 12.5 Å². The van der Waals surface area contributed by atoms with E-state index in [1.165, 1.54) is 0 Å². The van der Waals surface area contributed by atoms with E-state index < -0.39 is 0 Å². The van der Waals surface area contributed by atoms with Crippen LogP contribution in [-0.2, 0) is 6.54 Å². The van der Waals surface area contributed by atoms with Crippen molar-refractivity contribution in [1.29, 1.82) is 0 Å². The predicted octanol–water partition coefficient (Wildman–Crippen LogP) is 3.26. The lowest BCUT2D eigenvalue weighted by atomic mass is 10.2. The first-order valence-electron chi connectivity index (χ1n) is 7.90. The van der Waals surface area contributed by atoms with Gasteiger partial charge in [-0.1, -0.05) is 6.07 Å². The van der Waals surface area contributed by atoms with Crippen molar-refractivity contribution in [3.05, 3.63) is 52.9 Å². The van der Waals surface area contributed by atoms with Crippen LogP contribution in [0.3, 0.4) is 0 Å². The van der Waals surface area contributed by atoms with Gasteiger partial charge in [-0.2, -0.15) is 15.9 Å². The summed E-state index contributed by atoms with van der Waals surface area (Å²) in [5, 5.41) is 20.4. The smallest absolute Gasteiger partial charge is 0.218 e. The van der Waals surface area contributed by atoms with Crippen molar-refractivity contribution in [2.75, 3.05) is 11.9 Å². The Balaban J connectivity index is 1.59. The van der Waals surface area contributed by atoms with Gasteiger partial charge < -0.3 is 10.1 Å². The molecule has 4 aromatic heterocycles. The summed E-state index contributed by atoms with van der Waals surface area (Å²) in [6.07, 6.45) is 1.73. The van der Waals surface area contributed by atoms with Gasteiger partial charge in [0.15, 0.2) is 11.5 Å². The van der Waals surface area contributed by atoms with Crippen LogP contribution in [0.2, 0.25) is 0 Å². The van der Waals surface area contributed by atoms with Gasteiger partial charge in [0.1, 0.15) is 5.82 Å². The van der Waals surface area contributed by atoms with E-state index in [2.05, 4.69) is 25.6 Å². The average Bonchev–Trinajstić information content (AvgIpc) is 3.30. The van der Waals surface area contributed by atoms with Crippen LogP contribution in [0.4, 0.5) is 5.82 Å². The molecule has 25 heavy (non-hydrogen) atoms. The first kappa shape index (κ1) is 15.5. The minimum absolute atomic E-state index is 0.567. The molecule has 0 aliphatic rings. The molecule has 0 radical (unpaired) electrons. The Hall–Kier alpha value is -3.00. The molecule has 4 aromatic rings. The van der Waals surface area contributed by atoms with Crippen molar-refractivity contribution in [3.63, 3.8) is 0 Å². The molecule has 0 fully saturated rings. The molecule has 126 valence electrons. The zero-order chi connectivity index (χ0) is 17.1. The lowest BCUT2D eigenvalue weighted by Crippen LogP contribution is -2.07. The highest BCUT2D eigenvalue weighted by molar-refractivity contribution is 7.08. The van der Waals surface area contributed by atoms with Gasteiger partial charge in [0, 0.05) is 29.2 Å². The Morgan fingerprint density at radius 2 is 2.16 bits per heavy atom. The maximum atomic E-state index is 5.56. The first-order valence-corrected chi connectivity index (χ1v) is 8.85. The number of ether oxygens (including phenoxy) is 1. The zero-order valence-electron chi connectivity index (χ0n) is 13.6. The van der Waals surface area contributed by atoms with Crippen LogP contribution in [0.25, 0.3) is 17.0 Å². The van der Waals surface area contributed by atoms with Gasteiger partial charge in [-0.05, 0) is 36.6 Å². The second-order valence-corrected chi connectivity index (χ2v) is 6.06. The fourth-order valence-corrected chi connectivity index (χ4v) is 3.10. The minimum atomic E-state index is 0.567. The molecule has 0 bridgehead atoms. The molecule has 0 aromatic carbocycles. The van der Waals surface area contributed by atoms with Crippen molar-refractivity contribution in [3.8, 4) is 17.3 Å². The molecule has 7 nitrogen and oxygen atoms in total. The fraction of sp³-hybridized carbons (Fsp3) is 0.176. The number of fused-ring (bicyclic) bond motifs is 1. The molecule has 1 N–H and O–H groups in total. The van der Waals surface area contributed by atoms with E-state index in [0.717, 1.165) is 22.8 Å². The molecular formula is C17H16N6OS. The summed E-state index contributed by atoms with van der Waals surface area (Å²) in [7, 11) is 0. The first-order chi connectivity index (χ1) is 12.3. The Morgan fingerprint density at radius 1 is 1.20 bits per heavy atom. The number of anilines is 1.